The molecule has 2 atom stereocenters. The Bertz CT molecular complexity index is 1450. The largest absolute Gasteiger partial charge is 0.573 e. The van der Waals surface area contributed by atoms with E-state index < -0.39 is 39.7 Å². The topological polar surface area (TPSA) is 88.8 Å². The summed E-state index contributed by atoms with van der Waals surface area (Å²) in [6.07, 6.45) is -9.64. The number of halogens is 6. The molecule has 0 saturated carbocycles. The minimum absolute atomic E-state index is 0.145. The van der Waals surface area contributed by atoms with Crippen molar-refractivity contribution in [3.8, 4) is 5.75 Å². The average Bonchev–Trinajstić information content (AvgIpc) is 3.35. The van der Waals surface area contributed by atoms with E-state index >= 15 is 0 Å². The Labute approximate surface area is 214 Å². The lowest BCUT2D eigenvalue weighted by atomic mass is 10.0. The van der Waals surface area contributed by atoms with Crippen molar-refractivity contribution >= 4 is 32.2 Å². The second-order valence-electron chi connectivity index (χ2n) is 9.24. The van der Waals surface area contributed by atoms with Gasteiger partial charge in [-0.2, -0.15) is 18.2 Å². The molecule has 0 amide bonds. The molecular formula is C23H18F6N4O4S. The van der Waals surface area contributed by atoms with Gasteiger partial charge < -0.3 is 9.64 Å². The lowest BCUT2D eigenvalue weighted by Crippen LogP contribution is -2.29. The number of aromatic nitrogens is 1. The summed E-state index contributed by atoms with van der Waals surface area (Å²) in [6, 6.07) is 6.76. The monoisotopic (exact) mass is 560 g/mol. The minimum atomic E-state index is -4.86. The zero-order valence-corrected chi connectivity index (χ0v) is 20.1. The molecule has 2 unspecified atom stereocenters. The van der Waals surface area contributed by atoms with Crippen LogP contribution in [0.4, 0.5) is 37.2 Å². The maximum absolute atomic E-state index is 13.2. The number of nitro groups is 1. The third kappa shape index (κ3) is 5.38. The Balaban J connectivity index is 1.32. The number of rotatable bonds is 5. The van der Waals surface area contributed by atoms with Gasteiger partial charge in [0.1, 0.15) is 10.4 Å². The number of non-ortho nitro benzene ring substituents is 1. The third-order valence-electron chi connectivity index (χ3n) is 6.58. The molecule has 3 heterocycles. The summed E-state index contributed by atoms with van der Waals surface area (Å²) >= 11 is 0.807. The summed E-state index contributed by atoms with van der Waals surface area (Å²) in [5.41, 5.74) is -2.41. The molecule has 5 rings (SSSR count). The number of likely N-dealkylation sites (tertiary alicyclic amines) is 1. The SMILES string of the molecule is O=c1nc(N2CC3CN(Cc4cccc(OC(F)(F)F)c4)CC3C2)sc2c([N+](=O)[O-])cc(C(F)(F)F)cc12. The number of hydrogen-bond acceptors (Lipinski definition) is 8. The average molecular weight is 560 g/mol. The minimum Gasteiger partial charge on any atom is -0.406 e. The molecule has 202 valence electrons. The van der Waals surface area contributed by atoms with Crippen molar-refractivity contribution in [1.29, 1.82) is 0 Å². The molecule has 15 heteroatoms. The van der Waals surface area contributed by atoms with Gasteiger partial charge in [0, 0.05) is 38.8 Å². The van der Waals surface area contributed by atoms with Crippen molar-refractivity contribution in [1.82, 2.24) is 9.88 Å². The highest BCUT2D eigenvalue weighted by Crippen LogP contribution is 2.40. The van der Waals surface area contributed by atoms with Crippen molar-refractivity contribution < 1.29 is 36.0 Å². The van der Waals surface area contributed by atoms with Crippen LogP contribution in [0.2, 0.25) is 0 Å². The van der Waals surface area contributed by atoms with Gasteiger partial charge in [0.05, 0.1) is 15.9 Å². The lowest BCUT2D eigenvalue weighted by Gasteiger charge is -2.22. The number of nitrogens with zero attached hydrogens (tertiary/aromatic N) is 4. The van der Waals surface area contributed by atoms with Crippen LogP contribution in [0, 0.1) is 22.0 Å². The van der Waals surface area contributed by atoms with Gasteiger partial charge in [0.25, 0.3) is 11.2 Å². The first-order chi connectivity index (χ1) is 17.8. The molecule has 2 fully saturated rings. The number of alkyl halides is 6. The summed E-state index contributed by atoms with van der Waals surface area (Å²) in [5, 5.41) is 11.3. The Kier molecular flexibility index (Phi) is 6.46. The molecule has 2 aliphatic rings. The Hall–Kier alpha value is -3.46. The van der Waals surface area contributed by atoms with E-state index in [1.54, 1.807) is 11.0 Å². The fourth-order valence-electron chi connectivity index (χ4n) is 5.05. The van der Waals surface area contributed by atoms with E-state index in [9.17, 15) is 41.3 Å². The zero-order valence-electron chi connectivity index (χ0n) is 19.3. The van der Waals surface area contributed by atoms with E-state index in [2.05, 4.69) is 14.6 Å². The molecule has 2 saturated heterocycles. The van der Waals surface area contributed by atoms with E-state index in [1.807, 2.05) is 0 Å². The molecular weight excluding hydrogens is 542 g/mol. The number of hydrogen-bond donors (Lipinski definition) is 0. The van der Waals surface area contributed by atoms with Crippen LogP contribution in [0.1, 0.15) is 11.1 Å². The molecule has 2 aliphatic heterocycles. The third-order valence-corrected chi connectivity index (χ3v) is 7.75. The summed E-state index contributed by atoms with van der Waals surface area (Å²) in [5.74, 6) is -0.00621. The van der Waals surface area contributed by atoms with Gasteiger partial charge >= 0.3 is 12.5 Å². The van der Waals surface area contributed by atoms with Gasteiger partial charge in [-0.3, -0.25) is 19.8 Å². The maximum atomic E-state index is 13.2. The van der Waals surface area contributed by atoms with Crippen LogP contribution in [0.3, 0.4) is 0 Å². The van der Waals surface area contributed by atoms with Gasteiger partial charge in [-0.15, -0.1) is 13.2 Å². The first kappa shape index (κ1) is 26.2. The number of anilines is 1. The van der Waals surface area contributed by atoms with Gasteiger partial charge in [0.2, 0.25) is 0 Å². The van der Waals surface area contributed by atoms with Crippen LogP contribution < -0.4 is 15.2 Å². The van der Waals surface area contributed by atoms with Crippen molar-refractivity contribution in [2.24, 2.45) is 11.8 Å². The molecule has 0 spiro atoms. The maximum Gasteiger partial charge on any atom is 0.573 e. The Morgan fingerprint density at radius 1 is 1.05 bits per heavy atom. The first-order valence-corrected chi connectivity index (χ1v) is 12.1. The molecule has 0 aliphatic carbocycles. The predicted molar refractivity (Wildman–Crippen MR) is 125 cm³/mol. The smallest absolute Gasteiger partial charge is 0.406 e. The number of nitro benzene ring substituents is 1. The Morgan fingerprint density at radius 3 is 2.34 bits per heavy atom. The van der Waals surface area contributed by atoms with Crippen LogP contribution in [-0.4, -0.2) is 47.3 Å². The van der Waals surface area contributed by atoms with Crippen molar-refractivity contribution in [3.05, 3.63) is 68.0 Å². The van der Waals surface area contributed by atoms with Gasteiger partial charge in [0.15, 0.2) is 5.13 Å². The number of fused-ring (bicyclic) bond motifs is 2. The van der Waals surface area contributed by atoms with E-state index in [4.69, 9.17) is 0 Å². The van der Waals surface area contributed by atoms with Crippen LogP contribution in [-0.2, 0) is 12.7 Å². The molecule has 1 aromatic heterocycles. The standard InChI is InChI=1S/C23H18F6N4O4S/c24-22(25,26)15-5-17-19(18(6-15)33(35)36)38-21(30-20(17)34)32-10-13-8-31(9-14(13)11-32)7-12-2-1-3-16(4-12)37-23(27,28)29/h1-6,13-14H,7-11H2. The summed E-state index contributed by atoms with van der Waals surface area (Å²) < 4.78 is 80.9. The highest BCUT2D eigenvalue weighted by molar-refractivity contribution is 7.22. The van der Waals surface area contributed by atoms with Gasteiger partial charge in [-0.05, 0) is 35.6 Å². The molecule has 2 aromatic carbocycles. The van der Waals surface area contributed by atoms with E-state index in [0.29, 0.717) is 50.4 Å². The molecule has 8 nitrogen and oxygen atoms in total. The predicted octanol–water partition coefficient (Wildman–Crippen LogP) is 5.05. The fourth-order valence-corrected chi connectivity index (χ4v) is 6.13. The second kappa shape index (κ2) is 9.38. The molecule has 3 aromatic rings. The molecule has 0 N–H and O–H groups in total. The normalized spacial score (nSPS) is 20.2. The van der Waals surface area contributed by atoms with Crippen LogP contribution >= 0.6 is 11.3 Å². The molecule has 0 bridgehead atoms. The second-order valence-corrected chi connectivity index (χ2v) is 10.2. The quantitative estimate of drug-likeness (QED) is 0.245. The van der Waals surface area contributed by atoms with Crippen LogP contribution in [0.15, 0.2) is 41.2 Å². The van der Waals surface area contributed by atoms with E-state index in [1.165, 1.54) is 18.2 Å². The first-order valence-electron chi connectivity index (χ1n) is 11.3. The molecule has 0 radical (unpaired) electrons. The Morgan fingerprint density at radius 2 is 1.74 bits per heavy atom. The number of benzene rings is 2. The van der Waals surface area contributed by atoms with Crippen molar-refractivity contribution in [2.75, 3.05) is 31.1 Å². The van der Waals surface area contributed by atoms with Crippen molar-refractivity contribution in [2.45, 2.75) is 19.1 Å². The van der Waals surface area contributed by atoms with Crippen molar-refractivity contribution in [3.63, 3.8) is 0 Å². The zero-order chi connectivity index (χ0) is 27.4. The van der Waals surface area contributed by atoms with E-state index in [0.717, 1.165) is 11.3 Å². The van der Waals surface area contributed by atoms with Crippen LogP contribution in [0.25, 0.3) is 10.1 Å². The highest BCUT2D eigenvalue weighted by Gasteiger charge is 2.41. The van der Waals surface area contributed by atoms with Crippen LogP contribution in [0.5, 0.6) is 5.75 Å². The lowest BCUT2D eigenvalue weighted by molar-refractivity contribution is -0.383. The fraction of sp³-hybridized carbons (Fsp3) is 0.391. The van der Waals surface area contributed by atoms with Gasteiger partial charge in [-0.1, -0.05) is 23.5 Å². The summed E-state index contributed by atoms with van der Waals surface area (Å²) in [6.45, 7) is 2.62. The summed E-state index contributed by atoms with van der Waals surface area (Å²) in [7, 11) is 0. The molecule has 38 heavy (non-hydrogen) atoms. The highest BCUT2D eigenvalue weighted by atomic mass is 32.1. The van der Waals surface area contributed by atoms with E-state index in [-0.39, 0.29) is 27.4 Å². The summed E-state index contributed by atoms with van der Waals surface area (Å²) in [4.78, 5) is 31.0. The van der Waals surface area contributed by atoms with Gasteiger partial charge in [-0.25, -0.2) is 0 Å². The number of ether oxygens (including phenoxy) is 1.